The zero-order chi connectivity index (χ0) is 12.7. The van der Waals surface area contributed by atoms with Gasteiger partial charge in [0.25, 0.3) is 0 Å². The second-order valence-electron chi connectivity index (χ2n) is 4.29. The number of benzene rings is 1. The van der Waals surface area contributed by atoms with Crippen LogP contribution in [-0.4, -0.2) is 29.3 Å². The second kappa shape index (κ2) is 7.75. The van der Waals surface area contributed by atoms with Crippen LogP contribution in [0.2, 0.25) is 0 Å². The van der Waals surface area contributed by atoms with Crippen LogP contribution in [0, 0.1) is 6.92 Å². The summed E-state index contributed by atoms with van der Waals surface area (Å²) < 4.78 is 0. The number of hydrogen-bond acceptors (Lipinski definition) is 3. The lowest BCUT2D eigenvalue weighted by Crippen LogP contribution is -2.24. The van der Waals surface area contributed by atoms with Crippen molar-refractivity contribution in [3.8, 4) is 0 Å². The maximum atomic E-state index is 9.06. The van der Waals surface area contributed by atoms with E-state index in [4.69, 9.17) is 5.11 Å². The van der Waals surface area contributed by atoms with Crippen molar-refractivity contribution in [1.29, 1.82) is 0 Å². The Morgan fingerprint density at radius 3 is 2.65 bits per heavy atom. The Balaban J connectivity index is 2.68. The third-order valence-electron chi connectivity index (χ3n) is 2.82. The molecule has 0 radical (unpaired) electrons. The first-order valence-corrected chi connectivity index (χ1v) is 7.25. The van der Waals surface area contributed by atoms with Crippen LogP contribution in [0.3, 0.4) is 0 Å². The number of aliphatic hydroxyl groups is 1. The standard InChI is InChI=1S/C14H23NOS/c1-4-15-14(10-17-12(3)9-16)13-8-6-5-7-11(13)2/h5-8,12,14-16H,4,9-10H2,1-3H3. The first-order valence-electron chi connectivity index (χ1n) is 6.20. The van der Waals surface area contributed by atoms with Crippen molar-refractivity contribution in [1.82, 2.24) is 5.32 Å². The fourth-order valence-corrected chi connectivity index (χ4v) is 2.72. The highest BCUT2D eigenvalue weighted by Gasteiger charge is 2.13. The molecule has 96 valence electrons. The highest BCUT2D eigenvalue weighted by atomic mass is 32.2. The monoisotopic (exact) mass is 253 g/mol. The van der Waals surface area contributed by atoms with E-state index in [0.29, 0.717) is 11.3 Å². The quantitative estimate of drug-likeness (QED) is 0.784. The van der Waals surface area contributed by atoms with Gasteiger partial charge in [-0.1, -0.05) is 38.1 Å². The summed E-state index contributed by atoms with van der Waals surface area (Å²) in [6, 6.07) is 8.88. The molecule has 0 spiro atoms. The first kappa shape index (κ1) is 14.6. The van der Waals surface area contributed by atoms with Crippen molar-refractivity contribution in [3.63, 3.8) is 0 Å². The van der Waals surface area contributed by atoms with Gasteiger partial charge < -0.3 is 10.4 Å². The van der Waals surface area contributed by atoms with Crippen molar-refractivity contribution >= 4 is 11.8 Å². The molecule has 2 unspecified atom stereocenters. The summed E-state index contributed by atoms with van der Waals surface area (Å²) in [6.45, 7) is 7.56. The fourth-order valence-electron chi connectivity index (χ4n) is 1.80. The van der Waals surface area contributed by atoms with Gasteiger partial charge in [0.05, 0.1) is 6.61 Å². The van der Waals surface area contributed by atoms with Crippen molar-refractivity contribution in [2.45, 2.75) is 32.1 Å². The molecular formula is C14H23NOS. The molecule has 2 nitrogen and oxygen atoms in total. The lowest BCUT2D eigenvalue weighted by molar-refractivity contribution is 0.300. The van der Waals surface area contributed by atoms with Gasteiger partial charge in [0.1, 0.15) is 0 Å². The number of hydrogen-bond donors (Lipinski definition) is 2. The summed E-state index contributed by atoms with van der Waals surface area (Å²) in [4.78, 5) is 0. The minimum Gasteiger partial charge on any atom is -0.395 e. The molecule has 1 aromatic rings. The zero-order valence-electron chi connectivity index (χ0n) is 10.9. The van der Waals surface area contributed by atoms with Crippen molar-refractivity contribution < 1.29 is 5.11 Å². The lowest BCUT2D eigenvalue weighted by Gasteiger charge is -2.21. The first-order chi connectivity index (χ1) is 8.19. The van der Waals surface area contributed by atoms with E-state index in [1.165, 1.54) is 11.1 Å². The molecule has 0 aliphatic carbocycles. The molecule has 0 fully saturated rings. The van der Waals surface area contributed by atoms with Gasteiger partial charge in [-0.15, -0.1) is 0 Å². The summed E-state index contributed by atoms with van der Waals surface area (Å²) in [5.41, 5.74) is 2.70. The molecule has 0 heterocycles. The highest BCUT2D eigenvalue weighted by Crippen LogP contribution is 2.23. The maximum Gasteiger partial charge on any atom is 0.0547 e. The Bertz CT molecular complexity index is 330. The van der Waals surface area contributed by atoms with E-state index < -0.39 is 0 Å². The molecule has 0 bridgehead atoms. The Morgan fingerprint density at radius 2 is 2.06 bits per heavy atom. The van der Waals surface area contributed by atoms with E-state index in [-0.39, 0.29) is 6.61 Å². The van der Waals surface area contributed by atoms with Gasteiger partial charge in [-0.2, -0.15) is 11.8 Å². The van der Waals surface area contributed by atoms with E-state index in [9.17, 15) is 0 Å². The molecule has 3 heteroatoms. The average Bonchev–Trinajstić information content (AvgIpc) is 2.35. The Labute approximate surface area is 109 Å². The molecule has 2 N–H and O–H groups in total. The van der Waals surface area contributed by atoms with Crippen molar-refractivity contribution in [2.75, 3.05) is 18.9 Å². The molecule has 17 heavy (non-hydrogen) atoms. The highest BCUT2D eigenvalue weighted by molar-refractivity contribution is 7.99. The van der Waals surface area contributed by atoms with Crippen LogP contribution in [0.1, 0.15) is 31.0 Å². The Hall–Kier alpha value is -0.510. The molecule has 0 aliphatic heterocycles. The molecule has 0 saturated carbocycles. The van der Waals surface area contributed by atoms with E-state index in [1.807, 2.05) is 11.8 Å². The molecule has 0 aromatic heterocycles. The third kappa shape index (κ3) is 4.70. The Morgan fingerprint density at radius 1 is 1.35 bits per heavy atom. The second-order valence-corrected chi connectivity index (χ2v) is 5.76. The van der Waals surface area contributed by atoms with Crippen LogP contribution >= 0.6 is 11.8 Å². The molecule has 1 aromatic carbocycles. The van der Waals surface area contributed by atoms with Gasteiger partial charge in [-0.25, -0.2) is 0 Å². The predicted octanol–water partition coefficient (Wildman–Crippen LogP) is 2.76. The van der Waals surface area contributed by atoms with Crippen LogP contribution in [0.5, 0.6) is 0 Å². The summed E-state index contributed by atoms with van der Waals surface area (Å²) in [7, 11) is 0. The number of aryl methyl sites for hydroxylation is 1. The molecule has 0 saturated heterocycles. The van der Waals surface area contributed by atoms with E-state index in [2.05, 4.69) is 50.4 Å². The average molecular weight is 253 g/mol. The van der Waals surface area contributed by atoms with E-state index in [0.717, 1.165) is 12.3 Å². The SMILES string of the molecule is CCNC(CSC(C)CO)c1ccccc1C. The summed E-state index contributed by atoms with van der Waals surface area (Å²) in [6.07, 6.45) is 0. The number of aliphatic hydroxyl groups excluding tert-OH is 1. The summed E-state index contributed by atoms with van der Waals surface area (Å²) in [5, 5.41) is 12.9. The van der Waals surface area contributed by atoms with Crippen molar-refractivity contribution in [3.05, 3.63) is 35.4 Å². The van der Waals surface area contributed by atoms with Gasteiger partial charge in [0.2, 0.25) is 0 Å². The Kier molecular flexibility index (Phi) is 6.63. The minimum absolute atomic E-state index is 0.247. The summed E-state index contributed by atoms with van der Waals surface area (Å²) >= 11 is 1.82. The smallest absolute Gasteiger partial charge is 0.0547 e. The number of nitrogens with one attached hydrogen (secondary N) is 1. The molecule has 2 atom stereocenters. The largest absolute Gasteiger partial charge is 0.395 e. The number of rotatable bonds is 7. The third-order valence-corrected chi connectivity index (χ3v) is 4.06. The minimum atomic E-state index is 0.247. The van der Waals surface area contributed by atoms with E-state index in [1.54, 1.807) is 0 Å². The predicted molar refractivity (Wildman–Crippen MR) is 76.6 cm³/mol. The number of thioether (sulfide) groups is 1. The summed E-state index contributed by atoms with van der Waals surface area (Å²) in [5.74, 6) is 1.00. The maximum absolute atomic E-state index is 9.06. The normalized spacial score (nSPS) is 14.6. The molecule has 1 rings (SSSR count). The van der Waals surface area contributed by atoms with Crippen LogP contribution in [0.4, 0.5) is 0 Å². The van der Waals surface area contributed by atoms with Gasteiger partial charge in [-0.05, 0) is 24.6 Å². The fraction of sp³-hybridized carbons (Fsp3) is 0.571. The molecule has 0 amide bonds. The lowest BCUT2D eigenvalue weighted by atomic mass is 10.0. The topological polar surface area (TPSA) is 32.3 Å². The molecule has 0 aliphatic rings. The van der Waals surface area contributed by atoms with Crippen LogP contribution in [0.15, 0.2) is 24.3 Å². The van der Waals surface area contributed by atoms with Gasteiger partial charge in [0, 0.05) is 17.0 Å². The van der Waals surface area contributed by atoms with E-state index >= 15 is 0 Å². The van der Waals surface area contributed by atoms with Crippen LogP contribution in [-0.2, 0) is 0 Å². The van der Waals surface area contributed by atoms with Gasteiger partial charge in [0.15, 0.2) is 0 Å². The van der Waals surface area contributed by atoms with Gasteiger partial charge >= 0.3 is 0 Å². The van der Waals surface area contributed by atoms with Crippen molar-refractivity contribution in [2.24, 2.45) is 0 Å². The van der Waals surface area contributed by atoms with Crippen LogP contribution < -0.4 is 5.32 Å². The van der Waals surface area contributed by atoms with Gasteiger partial charge in [-0.3, -0.25) is 0 Å². The zero-order valence-corrected chi connectivity index (χ0v) is 11.8. The van der Waals surface area contributed by atoms with Crippen LogP contribution in [0.25, 0.3) is 0 Å². The molecular weight excluding hydrogens is 230 g/mol.